The molecule has 2 aromatic carbocycles. The highest BCUT2D eigenvalue weighted by Crippen LogP contribution is 2.33. The van der Waals surface area contributed by atoms with Crippen molar-refractivity contribution in [3.8, 4) is 0 Å². The number of fused-ring (bicyclic) bond motifs is 3. The van der Waals surface area contributed by atoms with E-state index in [2.05, 4.69) is 43.9 Å². The van der Waals surface area contributed by atoms with Crippen LogP contribution >= 0.6 is 0 Å². The first-order valence-corrected chi connectivity index (χ1v) is 11.4. The molecule has 5 rings (SSSR count). The molecule has 7 heteroatoms. The molecule has 0 spiro atoms. The number of nitrogens with zero attached hydrogens (tertiary/aromatic N) is 5. The van der Waals surface area contributed by atoms with Crippen LogP contribution in [0, 0.1) is 26.7 Å². The Morgan fingerprint density at radius 2 is 1.73 bits per heavy atom. The Bertz CT molecular complexity index is 1510. The Morgan fingerprint density at radius 3 is 2.45 bits per heavy atom. The quantitative estimate of drug-likeness (QED) is 0.485. The lowest BCUT2D eigenvalue weighted by Crippen LogP contribution is -2.40. The van der Waals surface area contributed by atoms with Gasteiger partial charge in [0.05, 0.1) is 6.54 Å². The maximum atomic E-state index is 13.7. The van der Waals surface area contributed by atoms with Gasteiger partial charge in [-0.05, 0) is 61.1 Å². The fourth-order valence-corrected chi connectivity index (χ4v) is 4.71. The minimum atomic E-state index is -0.350. The van der Waals surface area contributed by atoms with Gasteiger partial charge in [-0.1, -0.05) is 37.3 Å². The van der Waals surface area contributed by atoms with Crippen LogP contribution in [0.2, 0.25) is 0 Å². The summed E-state index contributed by atoms with van der Waals surface area (Å²) in [5, 5.41) is 0. The molecule has 0 amide bonds. The third-order valence-corrected chi connectivity index (χ3v) is 6.83. The molecule has 2 aromatic heterocycles. The van der Waals surface area contributed by atoms with E-state index in [1.165, 1.54) is 20.3 Å². The Morgan fingerprint density at radius 1 is 0.970 bits per heavy atom. The summed E-state index contributed by atoms with van der Waals surface area (Å²) in [6.07, 6.45) is 0. The number of aryl methyl sites for hydroxylation is 4. The highest BCUT2D eigenvalue weighted by molar-refractivity contribution is 5.77. The summed E-state index contributed by atoms with van der Waals surface area (Å²) in [4.78, 5) is 33.8. The SMILES string of the molecule is Cc1ccc(N2C[C@@H](C)Cn3c2nc2c3c(=O)n(Cc3ccccc3C)c(=O)n2C)cc1C. The normalized spacial score (nSPS) is 15.8. The third kappa shape index (κ3) is 3.39. The molecule has 33 heavy (non-hydrogen) atoms. The first kappa shape index (κ1) is 21.2. The zero-order chi connectivity index (χ0) is 23.4. The van der Waals surface area contributed by atoms with Crippen molar-refractivity contribution in [2.75, 3.05) is 11.4 Å². The van der Waals surface area contributed by atoms with E-state index in [4.69, 9.17) is 4.98 Å². The lowest BCUT2D eigenvalue weighted by molar-refractivity contribution is 0.458. The zero-order valence-electron chi connectivity index (χ0n) is 19.8. The summed E-state index contributed by atoms with van der Waals surface area (Å²) in [5.41, 5.74) is 5.79. The fourth-order valence-electron chi connectivity index (χ4n) is 4.71. The summed E-state index contributed by atoms with van der Waals surface area (Å²) in [6.45, 7) is 10.1. The highest BCUT2D eigenvalue weighted by Gasteiger charge is 2.30. The van der Waals surface area contributed by atoms with Gasteiger partial charge in [-0.25, -0.2) is 4.79 Å². The van der Waals surface area contributed by atoms with Crippen molar-refractivity contribution in [2.45, 2.75) is 40.8 Å². The van der Waals surface area contributed by atoms with Crippen LogP contribution < -0.4 is 16.1 Å². The van der Waals surface area contributed by atoms with E-state index in [0.717, 1.165) is 23.4 Å². The Kier molecular flexibility index (Phi) is 5.00. The van der Waals surface area contributed by atoms with Gasteiger partial charge in [0.1, 0.15) is 0 Å². The molecule has 0 bridgehead atoms. The van der Waals surface area contributed by atoms with Gasteiger partial charge in [-0.2, -0.15) is 4.98 Å². The van der Waals surface area contributed by atoms with Crippen molar-refractivity contribution >= 4 is 22.8 Å². The minimum Gasteiger partial charge on any atom is -0.312 e. The first-order valence-electron chi connectivity index (χ1n) is 11.4. The average molecular weight is 444 g/mol. The molecule has 7 nitrogen and oxygen atoms in total. The van der Waals surface area contributed by atoms with Crippen LogP contribution in [0.3, 0.4) is 0 Å². The molecule has 0 aliphatic carbocycles. The van der Waals surface area contributed by atoms with Gasteiger partial charge in [0.2, 0.25) is 5.95 Å². The number of aromatic nitrogens is 4. The lowest BCUT2D eigenvalue weighted by atomic mass is 10.1. The van der Waals surface area contributed by atoms with Gasteiger partial charge in [0.25, 0.3) is 5.56 Å². The topological polar surface area (TPSA) is 65.1 Å². The smallest absolute Gasteiger partial charge is 0.312 e. The summed E-state index contributed by atoms with van der Waals surface area (Å²) < 4.78 is 4.83. The Labute approximate surface area is 192 Å². The number of imidazole rings is 1. The van der Waals surface area contributed by atoms with E-state index < -0.39 is 0 Å². The van der Waals surface area contributed by atoms with Crippen LogP contribution in [-0.4, -0.2) is 25.2 Å². The molecule has 1 atom stereocenters. The average Bonchev–Trinajstić information content (AvgIpc) is 3.17. The molecule has 1 aliphatic rings. The second kappa shape index (κ2) is 7.76. The van der Waals surface area contributed by atoms with Crippen LogP contribution in [0.25, 0.3) is 11.2 Å². The summed E-state index contributed by atoms with van der Waals surface area (Å²) in [5.74, 6) is 1.03. The van der Waals surface area contributed by atoms with Gasteiger partial charge >= 0.3 is 5.69 Å². The number of rotatable bonds is 3. The second-order valence-corrected chi connectivity index (χ2v) is 9.34. The Hall–Kier alpha value is -3.61. The summed E-state index contributed by atoms with van der Waals surface area (Å²) in [7, 11) is 1.70. The predicted molar refractivity (Wildman–Crippen MR) is 132 cm³/mol. The maximum Gasteiger partial charge on any atom is 0.332 e. The summed E-state index contributed by atoms with van der Waals surface area (Å²) in [6, 6.07) is 14.2. The zero-order valence-corrected chi connectivity index (χ0v) is 19.8. The minimum absolute atomic E-state index is 0.241. The number of hydrogen-bond donors (Lipinski definition) is 0. The van der Waals surface area contributed by atoms with E-state index in [1.54, 1.807) is 7.05 Å². The maximum absolute atomic E-state index is 13.7. The van der Waals surface area contributed by atoms with Crippen LogP contribution in [0.15, 0.2) is 52.1 Å². The summed E-state index contributed by atoms with van der Waals surface area (Å²) >= 11 is 0. The van der Waals surface area contributed by atoms with E-state index in [0.29, 0.717) is 29.6 Å². The standard InChI is InChI=1S/C26H29N5O2/c1-16-13-29(21-11-10-17(2)19(4)12-21)25-27-23-22(30(25)14-16)24(32)31(26(33)28(23)5)15-20-9-7-6-8-18(20)3/h6-12,16H,13-15H2,1-5H3/t16-/m1/s1. The van der Waals surface area contributed by atoms with Crippen LogP contribution in [0.1, 0.15) is 29.2 Å². The van der Waals surface area contributed by atoms with Gasteiger partial charge < -0.3 is 9.47 Å². The highest BCUT2D eigenvalue weighted by atomic mass is 16.2. The molecule has 1 aliphatic heterocycles. The first-order chi connectivity index (χ1) is 15.8. The number of hydrogen-bond acceptors (Lipinski definition) is 4. The van der Waals surface area contributed by atoms with E-state index in [1.807, 2.05) is 35.8 Å². The second-order valence-electron chi connectivity index (χ2n) is 9.34. The monoisotopic (exact) mass is 443 g/mol. The van der Waals surface area contributed by atoms with Crippen molar-refractivity contribution in [1.29, 1.82) is 0 Å². The molecule has 0 saturated heterocycles. The van der Waals surface area contributed by atoms with Crippen molar-refractivity contribution in [2.24, 2.45) is 13.0 Å². The van der Waals surface area contributed by atoms with Crippen molar-refractivity contribution in [3.05, 3.63) is 85.6 Å². The largest absolute Gasteiger partial charge is 0.332 e. The molecule has 0 fully saturated rings. The molecule has 0 unspecified atom stereocenters. The van der Waals surface area contributed by atoms with Gasteiger partial charge in [0.15, 0.2) is 11.2 Å². The molecule has 4 aromatic rings. The van der Waals surface area contributed by atoms with Gasteiger partial charge in [0, 0.05) is 25.8 Å². The molecule has 170 valence electrons. The van der Waals surface area contributed by atoms with Crippen molar-refractivity contribution in [3.63, 3.8) is 0 Å². The molecular formula is C26H29N5O2. The van der Waals surface area contributed by atoms with Crippen molar-refractivity contribution in [1.82, 2.24) is 18.7 Å². The Balaban J connectivity index is 1.73. The molecule has 0 N–H and O–H groups in total. The molecule has 0 radical (unpaired) electrons. The van der Waals surface area contributed by atoms with Crippen LogP contribution in [0.4, 0.5) is 11.6 Å². The van der Waals surface area contributed by atoms with Crippen LogP contribution in [-0.2, 0) is 20.1 Å². The van der Waals surface area contributed by atoms with E-state index in [-0.39, 0.29) is 17.8 Å². The third-order valence-electron chi connectivity index (χ3n) is 6.83. The molecular weight excluding hydrogens is 414 g/mol. The van der Waals surface area contributed by atoms with E-state index in [9.17, 15) is 9.59 Å². The number of benzene rings is 2. The van der Waals surface area contributed by atoms with Crippen molar-refractivity contribution < 1.29 is 0 Å². The van der Waals surface area contributed by atoms with Gasteiger partial charge in [-0.15, -0.1) is 0 Å². The fraction of sp³-hybridized carbons (Fsp3) is 0.346. The van der Waals surface area contributed by atoms with Crippen LogP contribution in [0.5, 0.6) is 0 Å². The molecule has 0 saturated carbocycles. The number of anilines is 2. The molecule has 3 heterocycles. The lowest BCUT2D eigenvalue weighted by Gasteiger charge is -2.33. The predicted octanol–water partition coefficient (Wildman–Crippen LogP) is 3.66. The van der Waals surface area contributed by atoms with Gasteiger partial charge in [-0.3, -0.25) is 13.9 Å². The van der Waals surface area contributed by atoms with E-state index >= 15 is 0 Å².